The highest BCUT2D eigenvalue weighted by molar-refractivity contribution is 6.30. The summed E-state index contributed by atoms with van der Waals surface area (Å²) in [5, 5.41) is 10.9. The predicted molar refractivity (Wildman–Crippen MR) is 102 cm³/mol. The first-order chi connectivity index (χ1) is 12.6. The molecule has 1 saturated heterocycles. The zero-order valence-corrected chi connectivity index (χ0v) is 15.4. The van der Waals surface area contributed by atoms with Crippen molar-refractivity contribution >= 4 is 17.3 Å². The van der Waals surface area contributed by atoms with E-state index in [1.54, 1.807) is 0 Å². The van der Waals surface area contributed by atoms with Crippen molar-refractivity contribution in [3.05, 3.63) is 64.9 Å². The van der Waals surface area contributed by atoms with Gasteiger partial charge in [0.1, 0.15) is 5.82 Å². The molecule has 1 atom stereocenters. The second kappa shape index (κ2) is 9.33. The minimum Gasteiger partial charge on any atom is -0.389 e. The summed E-state index contributed by atoms with van der Waals surface area (Å²) in [6.45, 7) is 4.83. The summed E-state index contributed by atoms with van der Waals surface area (Å²) in [7, 11) is 0. The molecule has 0 bridgehead atoms. The zero-order chi connectivity index (χ0) is 18.4. The van der Waals surface area contributed by atoms with Gasteiger partial charge in [0, 0.05) is 43.4 Å². The van der Waals surface area contributed by atoms with Crippen LogP contribution in [0.1, 0.15) is 5.56 Å². The Hall–Kier alpha value is -1.66. The molecule has 2 aromatic rings. The van der Waals surface area contributed by atoms with E-state index in [2.05, 4.69) is 9.80 Å². The van der Waals surface area contributed by atoms with Crippen LogP contribution < -0.4 is 4.90 Å². The van der Waals surface area contributed by atoms with Gasteiger partial charge in [0.2, 0.25) is 0 Å². The molecular weight excluding hydrogens is 355 g/mol. The third-order valence-electron chi connectivity index (χ3n) is 4.53. The number of aliphatic hydroxyl groups excluding tert-OH is 1. The average molecular weight is 379 g/mol. The summed E-state index contributed by atoms with van der Waals surface area (Å²) in [6, 6.07) is 14.1. The van der Waals surface area contributed by atoms with Crippen LogP contribution in [0, 0.1) is 5.82 Å². The van der Waals surface area contributed by atoms with E-state index in [-0.39, 0.29) is 5.82 Å². The van der Waals surface area contributed by atoms with Crippen molar-refractivity contribution < 1.29 is 14.2 Å². The molecule has 0 spiro atoms. The summed E-state index contributed by atoms with van der Waals surface area (Å²) >= 11 is 5.85. The molecule has 0 aliphatic carbocycles. The van der Waals surface area contributed by atoms with Crippen LogP contribution in [-0.4, -0.2) is 55.4 Å². The first-order valence-corrected chi connectivity index (χ1v) is 9.21. The van der Waals surface area contributed by atoms with E-state index in [1.165, 1.54) is 12.1 Å². The van der Waals surface area contributed by atoms with Gasteiger partial charge in [0.15, 0.2) is 0 Å². The molecule has 1 heterocycles. The van der Waals surface area contributed by atoms with Gasteiger partial charge in [-0.25, -0.2) is 4.39 Å². The van der Waals surface area contributed by atoms with Gasteiger partial charge in [-0.3, -0.25) is 4.90 Å². The molecule has 0 amide bonds. The lowest BCUT2D eigenvalue weighted by atomic mass is 10.2. The summed E-state index contributed by atoms with van der Waals surface area (Å²) < 4.78 is 18.6. The fourth-order valence-corrected chi connectivity index (χ4v) is 3.21. The van der Waals surface area contributed by atoms with E-state index in [9.17, 15) is 9.50 Å². The second-order valence-electron chi connectivity index (χ2n) is 6.56. The normalized spacial score (nSPS) is 16.7. The first kappa shape index (κ1) is 19.1. The number of hydrogen-bond donors (Lipinski definition) is 1. The van der Waals surface area contributed by atoms with Crippen molar-refractivity contribution in [2.45, 2.75) is 12.7 Å². The fraction of sp³-hybridized carbons (Fsp3) is 0.400. The maximum Gasteiger partial charge on any atom is 0.123 e. The van der Waals surface area contributed by atoms with Gasteiger partial charge in [-0.2, -0.15) is 0 Å². The molecule has 1 aliphatic heterocycles. The number of anilines is 1. The number of β-amino-alcohol motifs (C(OH)–C–C–N with tert-alkyl or cyclic N) is 1. The monoisotopic (exact) mass is 378 g/mol. The molecule has 1 aliphatic rings. The molecule has 4 nitrogen and oxygen atoms in total. The molecule has 3 rings (SSSR count). The molecule has 0 saturated carbocycles. The van der Waals surface area contributed by atoms with Gasteiger partial charge in [-0.15, -0.1) is 0 Å². The van der Waals surface area contributed by atoms with Gasteiger partial charge in [0.25, 0.3) is 0 Å². The molecule has 1 N–H and O–H groups in total. The minimum absolute atomic E-state index is 0.214. The molecule has 2 aromatic carbocycles. The topological polar surface area (TPSA) is 35.9 Å². The minimum atomic E-state index is -0.514. The van der Waals surface area contributed by atoms with Gasteiger partial charge in [0.05, 0.1) is 19.3 Å². The summed E-state index contributed by atoms with van der Waals surface area (Å²) in [6.07, 6.45) is -0.514. The fourth-order valence-electron chi connectivity index (χ4n) is 3.08. The zero-order valence-electron chi connectivity index (χ0n) is 14.7. The smallest absolute Gasteiger partial charge is 0.123 e. The van der Waals surface area contributed by atoms with Crippen LogP contribution in [0.25, 0.3) is 0 Å². The SMILES string of the molecule is O[C@@H](COCc1ccc(Cl)cc1)CN1CCN(c2ccc(F)cc2)CC1. The van der Waals surface area contributed by atoms with Gasteiger partial charge in [-0.05, 0) is 42.0 Å². The van der Waals surface area contributed by atoms with E-state index in [0.29, 0.717) is 24.8 Å². The molecule has 0 radical (unpaired) electrons. The maximum atomic E-state index is 13.0. The number of piperazine rings is 1. The van der Waals surface area contributed by atoms with Crippen molar-refractivity contribution in [2.75, 3.05) is 44.2 Å². The third kappa shape index (κ3) is 5.68. The summed E-state index contributed by atoms with van der Waals surface area (Å²) in [5.41, 5.74) is 2.08. The van der Waals surface area contributed by atoms with Crippen LogP contribution in [0.2, 0.25) is 5.02 Å². The molecule has 0 aromatic heterocycles. The van der Waals surface area contributed by atoms with E-state index in [1.807, 2.05) is 36.4 Å². The van der Waals surface area contributed by atoms with E-state index < -0.39 is 6.10 Å². The quantitative estimate of drug-likeness (QED) is 0.802. The maximum absolute atomic E-state index is 13.0. The highest BCUT2D eigenvalue weighted by Crippen LogP contribution is 2.17. The van der Waals surface area contributed by atoms with Crippen molar-refractivity contribution in [3.8, 4) is 0 Å². The van der Waals surface area contributed by atoms with E-state index in [4.69, 9.17) is 16.3 Å². The number of ether oxygens (including phenoxy) is 1. The number of nitrogens with zero attached hydrogens (tertiary/aromatic N) is 2. The Labute approximate surface area is 158 Å². The lowest BCUT2D eigenvalue weighted by molar-refractivity contribution is 0.00914. The lowest BCUT2D eigenvalue weighted by Gasteiger charge is -2.36. The Morgan fingerprint density at radius 3 is 2.31 bits per heavy atom. The van der Waals surface area contributed by atoms with Crippen LogP contribution in [0.3, 0.4) is 0 Å². The molecule has 0 unspecified atom stereocenters. The summed E-state index contributed by atoms with van der Waals surface area (Å²) in [4.78, 5) is 4.47. The van der Waals surface area contributed by atoms with Gasteiger partial charge >= 0.3 is 0 Å². The Balaban J connectivity index is 1.35. The summed E-state index contributed by atoms with van der Waals surface area (Å²) in [5.74, 6) is -0.214. The molecule has 1 fully saturated rings. The highest BCUT2D eigenvalue weighted by Gasteiger charge is 2.19. The van der Waals surface area contributed by atoms with Crippen LogP contribution >= 0.6 is 11.6 Å². The number of benzene rings is 2. The Morgan fingerprint density at radius 1 is 1.00 bits per heavy atom. The van der Waals surface area contributed by atoms with Crippen molar-refractivity contribution in [1.29, 1.82) is 0 Å². The highest BCUT2D eigenvalue weighted by atomic mass is 35.5. The number of halogens is 2. The van der Waals surface area contributed by atoms with Crippen molar-refractivity contribution in [2.24, 2.45) is 0 Å². The van der Waals surface area contributed by atoms with Crippen molar-refractivity contribution in [1.82, 2.24) is 4.90 Å². The largest absolute Gasteiger partial charge is 0.389 e. The van der Waals surface area contributed by atoms with Crippen LogP contribution in [0.5, 0.6) is 0 Å². The lowest BCUT2D eigenvalue weighted by Crippen LogP contribution is -2.49. The Morgan fingerprint density at radius 2 is 1.65 bits per heavy atom. The first-order valence-electron chi connectivity index (χ1n) is 8.83. The standard InChI is InChI=1S/C20H24ClFN2O2/c21-17-3-1-16(2-4-17)14-26-15-20(25)13-23-9-11-24(12-10-23)19-7-5-18(22)6-8-19/h1-8,20,25H,9-15H2/t20-/m1/s1. The van der Waals surface area contributed by atoms with Gasteiger partial charge in [-0.1, -0.05) is 23.7 Å². The van der Waals surface area contributed by atoms with Crippen molar-refractivity contribution in [3.63, 3.8) is 0 Å². The van der Waals surface area contributed by atoms with E-state index in [0.717, 1.165) is 37.4 Å². The van der Waals surface area contributed by atoms with Crippen LogP contribution in [0.4, 0.5) is 10.1 Å². The number of hydrogen-bond acceptors (Lipinski definition) is 4. The average Bonchev–Trinajstić information content (AvgIpc) is 2.65. The van der Waals surface area contributed by atoms with E-state index >= 15 is 0 Å². The second-order valence-corrected chi connectivity index (χ2v) is 7.00. The van der Waals surface area contributed by atoms with Crippen LogP contribution in [0.15, 0.2) is 48.5 Å². The predicted octanol–water partition coefficient (Wildman–Crippen LogP) is 3.18. The molecule has 26 heavy (non-hydrogen) atoms. The van der Waals surface area contributed by atoms with Gasteiger partial charge < -0.3 is 14.7 Å². The Bertz CT molecular complexity index is 673. The third-order valence-corrected chi connectivity index (χ3v) is 4.78. The molecule has 140 valence electrons. The number of aliphatic hydroxyl groups is 1. The number of rotatable bonds is 7. The van der Waals surface area contributed by atoms with Crippen LogP contribution in [-0.2, 0) is 11.3 Å². The molecule has 6 heteroatoms. The molecular formula is C20H24ClFN2O2. The Kier molecular flexibility index (Phi) is 6.86.